The number of aryl methyl sites for hydroxylation is 1. The van der Waals surface area contributed by atoms with Crippen molar-refractivity contribution in [2.24, 2.45) is 0 Å². The summed E-state index contributed by atoms with van der Waals surface area (Å²) >= 11 is 0. The summed E-state index contributed by atoms with van der Waals surface area (Å²) in [6, 6.07) is 21.2. The van der Waals surface area contributed by atoms with Gasteiger partial charge in [0, 0.05) is 31.1 Å². The van der Waals surface area contributed by atoms with Crippen molar-refractivity contribution in [2.75, 3.05) is 17.1 Å². The number of nitro groups is 1. The van der Waals surface area contributed by atoms with Crippen molar-refractivity contribution in [3.63, 3.8) is 0 Å². The van der Waals surface area contributed by atoms with Gasteiger partial charge in [0.2, 0.25) is 21.8 Å². The van der Waals surface area contributed by atoms with Gasteiger partial charge in [0.25, 0.3) is 5.69 Å². The van der Waals surface area contributed by atoms with Crippen LogP contribution in [-0.2, 0) is 32.6 Å². The second-order valence-electron chi connectivity index (χ2n) is 10.0. The molecule has 0 aromatic heterocycles. The first-order valence-electron chi connectivity index (χ1n) is 13.3. The Labute approximate surface area is 241 Å². The number of amides is 2. The molecule has 41 heavy (non-hydrogen) atoms. The summed E-state index contributed by atoms with van der Waals surface area (Å²) in [4.78, 5) is 40.0. The van der Waals surface area contributed by atoms with Crippen LogP contribution in [0, 0.1) is 17.0 Å². The number of rotatable bonds is 13. The van der Waals surface area contributed by atoms with E-state index < -0.39 is 33.4 Å². The van der Waals surface area contributed by atoms with Crippen LogP contribution in [0.25, 0.3) is 0 Å². The van der Waals surface area contributed by atoms with Gasteiger partial charge in [-0.2, -0.15) is 0 Å². The SMILES string of the molecule is CC[C@@H](C)NC(=O)[C@@H](Cc1ccccc1)N(Cc1ccccc1)C(=O)CN(c1cc([N+](=O)[O-])ccc1C)S(C)(=O)=O. The summed E-state index contributed by atoms with van der Waals surface area (Å²) in [7, 11) is -4.05. The first-order valence-corrected chi connectivity index (χ1v) is 15.2. The van der Waals surface area contributed by atoms with Crippen molar-refractivity contribution in [3.05, 3.63) is 106 Å². The van der Waals surface area contributed by atoms with E-state index in [2.05, 4.69) is 5.32 Å². The second kappa shape index (κ2) is 13.9. The highest BCUT2D eigenvalue weighted by Gasteiger charge is 2.34. The fraction of sp³-hybridized carbons (Fsp3) is 0.333. The predicted octanol–water partition coefficient (Wildman–Crippen LogP) is 4.22. The maximum Gasteiger partial charge on any atom is 0.271 e. The van der Waals surface area contributed by atoms with Crippen LogP contribution in [0.3, 0.4) is 0 Å². The van der Waals surface area contributed by atoms with Crippen molar-refractivity contribution in [1.29, 1.82) is 0 Å². The van der Waals surface area contributed by atoms with Crippen molar-refractivity contribution in [1.82, 2.24) is 10.2 Å². The molecule has 2 atom stereocenters. The highest BCUT2D eigenvalue weighted by Crippen LogP contribution is 2.28. The van der Waals surface area contributed by atoms with Crippen LogP contribution >= 0.6 is 0 Å². The number of hydrogen-bond donors (Lipinski definition) is 1. The van der Waals surface area contributed by atoms with Crippen molar-refractivity contribution >= 4 is 33.2 Å². The van der Waals surface area contributed by atoms with Gasteiger partial charge in [-0.25, -0.2) is 8.42 Å². The lowest BCUT2D eigenvalue weighted by Gasteiger charge is -2.34. The van der Waals surface area contributed by atoms with Gasteiger partial charge in [-0.05, 0) is 37.0 Å². The Hall–Kier alpha value is -4.25. The molecule has 0 radical (unpaired) electrons. The number of non-ortho nitro benzene ring substituents is 1. The van der Waals surface area contributed by atoms with E-state index in [-0.39, 0.29) is 36.3 Å². The molecular formula is C30H36N4O6S. The van der Waals surface area contributed by atoms with Gasteiger partial charge in [0.15, 0.2) is 0 Å². The topological polar surface area (TPSA) is 130 Å². The van der Waals surface area contributed by atoms with E-state index >= 15 is 0 Å². The number of carbonyl (C=O) groups excluding carboxylic acids is 2. The van der Waals surface area contributed by atoms with Crippen LogP contribution in [0.4, 0.5) is 11.4 Å². The van der Waals surface area contributed by atoms with E-state index in [0.717, 1.165) is 27.8 Å². The zero-order chi connectivity index (χ0) is 30.2. The number of carbonyl (C=O) groups is 2. The average molecular weight is 581 g/mol. The lowest BCUT2D eigenvalue weighted by molar-refractivity contribution is -0.384. The zero-order valence-electron chi connectivity index (χ0n) is 23.7. The molecule has 0 fully saturated rings. The molecule has 11 heteroatoms. The third-order valence-corrected chi connectivity index (χ3v) is 7.95. The lowest BCUT2D eigenvalue weighted by atomic mass is 10.0. The van der Waals surface area contributed by atoms with Gasteiger partial charge in [-0.15, -0.1) is 0 Å². The normalized spacial score (nSPS) is 12.7. The second-order valence-corrected chi connectivity index (χ2v) is 11.9. The monoisotopic (exact) mass is 580 g/mol. The molecule has 0 aliphatic carbocycles. The largest absolute Gasteiger partial charge is 0.352 e. The fourth-order valence-electron chi connectivity index (χ4n) is 4.35. The quantitative estimate of drug-likeness (QED) is 0.238. The Morgan fingerprint density at radius 3 is 2.10 bits per heavy atom. The maximum atomic E-state index is 14.1. The van der Waals surface area contributed by atoms with Crippen LogP contribution in [0.15, 0.2) is 78.9 Å². The minimum atomic E-state index is -4.05. The number of benzene rings is 3. The van der Waals surface area contributed by atoms with E-state index in [4.69, 9.17) is 0 Å². The first-order chi connectivity index (χ1) is 19.4. The minimum Gasteiger partial charge on any atom is -0.352 e. The van der Waals surface area contributed by atoms with Crippen LogP contribution in [0.1, 0.15) is 37.0 Å². The Bertz CT molecular complexity index is 1460. The average Bonchev–Trinajstić information content (AvgIpc) is 2.94. The Kier molecular flexibility index (Phi) is 10.6. The number of sulfonamides is 1. The molecule has 0 saturated carbocycles. The minimum absolute atomic E-state index is 0.0263. The predicted molar refractivity (Wildman–Crippen MR) is 159 cm³/mol. The van der Waals surface area contributed by atoms with E-state index in [1.807, 2.05) is 74.5 Å². The Morgan fingerprint density at radius 2 is 1.56 bits per heavy atom. The molecule has 10 nitrogen and oxygen atoms in total. The number of nitrogens with one attached hydrogen (secondary N) is 1. The van der Waals surface area contributed by atoms with E-state index in [1.165, 1.54) is 17.0 Å². The first kappa shape index (κ1) is 31.3. The Morgan fingerprint density at radius 1 is 0.976 bits per heavy atom. The molecule has 0 aliphatic heterocycles. The van der Waals surface area contributed by atoms with Crippen LogP contribution < -0.4 is 9.62 Å². The molecule has 0 spiro atoms. The van der Waals surface area contributed by atoms with Gasteiger partial charge in [-0.1, -0.05) is 73.7 Å². The summed E-state index contributed by atoms with van der Waals surface area (Å²) in [6.45, 7) is 4.83. The molecule has 0 bridgehead atoms. The highest BCUT2D eigenvalue weighted by molar-refractivity contribution is 7.92. The number of hydrogen-bond acceptors (Lipinski definition) is 6. The van der Waals surface area contributed by atoms with Gasteiger partial charge >= 0.3 is 0 Å². The van der Waals surface area contributed by atoms with Gasteiger partial charge < -0.3 is 10.2 Å². The molecule has 218 valence electrons. The maximum absolute atomic E-state index is 14.1. The molecule has 3 aromatic carbocycles. The third kappa shape index (κ3) is 8.62. The smallest absolute Gasteiger partial charge is 0.271 e. The van der Waals surface area contributed by atoms with Gasteiger partial charge in [0.05, 0.1) is 16.9 Å². The molecule has 1 N–H and O–H groups in total. The van der Waals surface area contributed by atoms with Crippen LogP contribution in [-0.4, -0.2) is 54.9 Å². The number of nitrogens with zero attached hydrogens (tertiary/aromatic N) is 3. The lowest BCUT2D eigenvalue weighted by Crippen LogP contribution is -2.54. The van der Waals surface area contributed by atoms with E-state index in [9.17, 15) is 28.1 Å². The molecule has 3 aromatic rings. The zero-order valence-corrected chi connectivity index (χ0v) is 24.5. The summed E-state index contributed by atoms with van der Waals surface area (Å²) < 4.78 is 26.8. The number of nitro benzene ring substituents is 1. The van der Waals surface area contributed by atoms with E-state index in [1.54, 1.807) is 6.92 Å². The summed E-state index contributed by atoms with van der Waals surface area (Å²) in [6.07, 6.45) is 1.83. The van der Waals surface area contributed by atoms with Crippen molar-refractivity contribution in [3.8, 4) is 0 Å². The van der Waals surface area contributed by atoms with Crippen molar-refractivity contribution < 1.29 is 22.9 Å². The molecule has 0 unspecified atom stereocenters. The third-order valence-electron chi connectivity index (χ3n) is 6.82. The summed E-state index contributed by atoms with van der Waals surface area (Å²) in [5.41, 5.74) is 1.75. The Balaban J connectivity index is 2.09. The highest BCUT2D eigenvalue weighted by atomic mass is 32.2. The van der Waals surface area contributed by atoms with Crippen LogP contribution in [0.2, 0.25) is 0 Å². The standard InChI is InChI=1S/C30H36N4O6S/c1-5-23(3)31-30(36)28(18-24-12-8-6-9-13-24)32(20-25-14-10-7-11-15-25)29(35)21-33(41(4,39)40)27-19-26(34(37)38)17-16-22(27)2/h6-17,19,23,28H,5,18,20-21H2,1-4H3,(H,31,36)/t23-,28-/m1/s1. The number of anilines is 1. The summed E-state index contributed by atoms with van der Waals surface area (Å²) in [5, 5.41) is 14.4. The van der Waals surface area contributed by atoms with E-state index in [0.29, 0.717) is 12.0 Å². The summed E-state index contributed by atoms with van der Waals surface area (Å²) in [5.74, 6) is -0.977. The van der Waals surface area contributed by atoms with Gasteiger partial charge in [-0.3, -0.25) is 24.0 Å². The van der Waals surface area contributed by atoms with Crippen LogP contribution in [0.5, 0.6) is 0 Å². The fourth-order valence-corrected chi connectivity index (χ4v) is 5.25. The van der Waals surface area contributed by atoms with Crippen molar-refractivity contribution in [2.45, 2.75) is 52.2 Å². The molecular weight excluding hydrogens is 544 g/mol. The molecule has 2 amide bonds. The molecule has 0 aliphatic rings. The van der Waals surface area contributed by atoms with Gasteiger partial charge in [0.1, 0.15) is 12.6 Å². The molecule has 0 heterocycles. The molecule has 0 saturated heterocycles. The molecule has 3 rings (SSSR count).